The molecule has 1 aromatic heterocycles. The Balaban J connectivity index is 1.53. The van der Waals surface area contributed by atoms with E-state index in [1.807, 2.05) is 36.4 Å². The highest BCUT2D eigenvalue weighted by atomic mass is 35.5. The molecule has 1 aliphatic rings. The molecule has 9 nitrogen and oxygen atoms in total. The van der Waals surface area contributed by atoms with Gasteiger partial charge >= 0.3 is 0 Å². The van der Waals surface area contributed by atoms with E-state index in [2.05, 4.69) is 25.5 Å². The Morgan fingerprint density at radius 1 is 1.19 bits per heavy atom. The molecule has 1 saturated heterocycles. The second-order valence-corrected chi connectivity index (χ2v) is 8.98. The molecule has 2 aromatic carbocycles. The molecule has 190 valence electrons. The summed E-state index contributed by atoms with van der Waals surface area (Å²) in [5.74, 6) is 0.966. The summed E-state index contributed by atoms with van der Waals surface area (Å²) in [6, 6.07) is 15.1. The van der Waals surface area contributed by atoms with Gasteiger partial charge in [0.15, 0.2) is 0 Å². The Hall–Kier alpha value is -3.40. The molecule has 2 heterocycles. The van der Waals surface area contributed by atoms with Crippen LogP contribution in [0.3, 0.4) is 0 Å². The second-order valence-electron chi connectivity index (χ2n) is 8.55. The van der Waals surface area contributed by atoms with Gasteiger partial charge in [-0.25, -0.2) is 4.98 Å². The number of anilines is 4. The third-order valence-corrected chi connectivity index (χ3v) is 6.05. The first-order valence-corrected chi connectivity index (χ1v) is 12.3. The number of nitrogens with one attached hydrogen (secondary N) is 2. The number of hydrogen-bond donors (Lipinski definition) is 3. The van der Waals surface area contributed by atoms with Gasteiger partial charge in [0.25, 0.3) is 5.91 Å². The van der Waals surface area contributed by atoms with Crippen molar-refractivity contribution in [2.75, 3.05) is 62.0 Å². The number of morpholine rings is 1. The Bertz CT molecular complexity index is 1170. The Kier molecular flexibility index (Phi) is 8.94. The summed E-state index contributed by atoms with van der Waals surface area (Å²) in [5.41, 5.74) is 3.24. The predicted molar refractivity (Wildman–Crippen MR) is 142 cm³/mol. The first kappa shape index (κ1) is 25.7. The largest absolute Gasteiger partial charge is 0.396 e. The van der Waals surface area contributed by atoms with Crippen molar-refractivity contribution >= 4 is 40.6 Å². The number of rotatable bonds is 10. The van der Waals surface area contributed by atoms with Crippen LogP contribution in [0.1, 0.15) is 22.3 Å². The van der Waals surface area contributed by atoms with Gasteiger partial charge in [0.05, 0.1) is 13.2 Å². The van der Waals surface area contributed by atoms with Gasteiger partial charge in [0.1, 0.15) is 5.82 Å². The standard InChI is InChI=1S/C26H31ClN6O3/c1-32(8-3-11-34)25(35)20-15-22(17-23(16-20)33-9-12-36-13-10-33)30-26-28-7-6-24(31-26)29-18-19-4-2-5-21(27)14-19/h2,4-7,14-17,34H,3,8-13,18H2,1H3,(H2,28,29,30,31). The van der Waals surface area contributed by atoms with Crippen molar-refractivity contribution in [1.29, 1.82) is 0 Å². The van der Waals surface area contributed by atoms with Crippen molar-refractivity contribution in [3.8, 4) is 0 Å². The van der Waals surface area contributed by atoms with Gasteiger partial charge < -0.3 is 30.3 Å². The lowest BCUT2D eigenvalue weighted by atomic mass is 10.1. The third kappa shape index (κ3) is 7.07. The maximum atomic E-state index is 13.1. The van der Waals surface area contributed by atoms with Crippen molar-refractivity contribution < 1.29 is 14.6 Å². The predicted octanol–water partition coefficient (Wildman–Crippen LogP) is 3.78. The zero-order valence-corrected chi connectivity index (χ0v) is 21.0. The van der Waals surface area contributed by atoms with Crippen LogP contribution >= 0.6 is 11.6 Å². The molecule has 0 atom stereocenters. The van der Waals surface area contributed by atoms with Gasteiger partial charge in [-0.15, -0.1) is 0 Å². The molecule has 10 heteroatoms. The molecule has 1 amide bonds. The molecular formula is C26H31ClN6O3. The van der Waals surface area contributed by atoms with Crippen molar-refractivity contribution in [3.63, 3.8) is 0 Å². The average molecular weight is 511 g/mol. The van der Waals surface area contributed by atoms with Gasteiger partial charge in [-0.3, -0.25) is 4.79 Å². The number of aromatic nitrogens is 2. The number of halogens is 1. The Labute approximate surface area is 216 Å². The fourth-order valence-electron chi connectivity index (χ4n) is 3.93. The van der Waals surface area contributed by atoms with Crippen molar-refractivity contribution in [2.45, 2.75) is 13.0 Å². The third-order valence-electron chi connectivity index (χ3n) is 5.81. The number of aliphatic hydroxyl groups excluding tert-OH is 1. The number of benzene rings is 2. The summed E-state index contributed by atoms with van der Waals surface area (Å²) < 4.78 is 5.49. The van der Waals surface area contributed by atoms with E-state index in [9.17, 15) is 4.79 Å². The maximum Gasteiger partial charge on any atom is 0.253 e. The quantitative estimate of drug-likeness (QED) is 0.379. The number of amides is 1. The summed E-state index contributed by atoms with van der Waals surface area (Å²) >= 11 is 6.08. The van der Waals surface area contributed by atoms with Crippen LogP contribution in [0, 0.1) is 0 Å². The van der Waals surface area contributed by atoms with Crippen LogP contribution in [0.4, 0.5) is 23.1 Å². The molecule has 0 saturated carbocycles. The lowest BCUT2D eigenvalue weighted by Gasteiger charge is -2.30. The van der Waals surface area contributed by atoms with E-state index < -0.39 is 0 Å². The number of carbonyl (C=O) groups excluding carboxylic acids is 1. The summed E-state index contributed by atoms with van der Waals surface area (Å²) in [6.45, 7) is 3.86. The minimum Gasteiger partial charge on any atom is -0.396 e. The molecule has 0 aliphatic carbocycles. The first-order valence-electron chi connectivity index (χ1n) is 11.9. The molecule has 36 heavy (non-hydrogen) atoms. The zero-order chi connectivity index (χ0) is 25.3. The molecule has 0 radical (unpaired) electrons. The normalized spacial score (nSPS) is 13.4. The smallest absolute Gasteiger partial charge is 0.253 e. The van der Waals surface area contributed by atoms with Crippen LogP contribution in [0.15, 0.2) is 54.7 Å². The van der Waals surface area contributed by atoms with E-state index in [1.165, 1.54) is 0 Å². The summed E-state index contributed by atoms with van der Waals surface area (Å²) in [6.07, 6.45) is 2.20. The maximum absolute atomic E-state index is 13.1. The van der Waals surface area contributed by atoms with Gasteiger partial charge in [-0.2, -0.15) is 4.98 Å². The van der Waals surface area contributed by atoms with Gasteiger partial charge in [0.2, 0.25) is 5.95 Å². The van der Waals surface area contributed by atoms with Crippen LogP contribution in [-0.4, -0.2) is 72.4 Å². The minimum atomic E-state index is -0.112. The number of hydrogen-bond acceptors (Lipinski definition) is 8. The molecule has 0 bridgehead atoms. The summed E-state index contributed by atoms with van der Waals surface area (Å²) in [4.78, 5) is 25.9. The van der Waals surface area contributed by atoms with Crippen LogP contribution in [0.25, 0.3) is 0 Å². The molecule has 4 rings (SSSR count). The zero-order valence-electron chi connectivity index (χ0n) is 20.3. The highest BCUT2D eigenvalue weighted by Crippen LogP contribution is 2.26. The van der Waals surface area contributed by atoms with E-state index in [4.69, 9.17) is 21.4 Å². The molecular weight excluding hydrogens is 480 g/mol. The molecule has 0 spiro atoms. The van der Waals surface area contributed by atoms with Crippen LogP contribution < -0.4 is 15.5 Å². The minimum absolute atomic E-state index is 0.0390. The van der Waals surface area contributed by atoms with Crippen molar-refractivity contribution in [2.24, 2.45) is 0 Å². The summed E-state index contributed by atoms with van der Waals surface area (Å²) in [5, 5.41) is 16.4. The lowest BCUT2D eigenvalue weighted by Crippen LogP contribution is -2.36. The molecule has 0 unspecified atom stereocenters. The Morgan fingerprint density at radius 2 is 2.03 bits per heavy atom. The average Bonchev–Trinajstić information content (AvgIpc) is 2.90. The van der Waals surface area contributed by atoms with Gasteiger partial charge in [-0.1, -0.05) is 23.7 Å². The van der Waals surface area contributed by atoms with E-state index in [0.29, 0.717) is 60.8 Å². The summed E-state index contributed by atoms with van der Waals surface area (Å²) in [7, 11) is 1.74. The fraction of sp³-hybridized carbons (Fsp3) is 0.346. The topological polar surface area (TPSA) is 103 Å². The van der Waals surface area contributed by atoms with Crippen molar-refractivity contribution in [3.05, 3.63) is 70.9 Å². The van der Waals surface area contributed by atoms with Crippen molar-refractivity contribution in [1.82, 2.24) is 14.9 Å². The van der Waals surface area contributed by atoms with E-state index in [-0.39, 0.29) is 12.5 Å². The van der Waals surface area contributed by atoms with Crippen LogP contribution in [0.2, 0.25) is 5.02 Å². The van der Waals surface area contributed by atoms with E-state index in [1.54, 1.807) is 30.3 Å². The fourth-order valence-corrected chi connectivity index (χ4v) is 4.14. The number of nitrogens with zero attached hydrogens (tertiary/aromatic N) is 4. The Morgan fingerprint density at radius 3 is 2.81 bits per heavy atom. The highest BCUT2D eigenvalue weighted by molar-refractivity contribution is 6.30. The van der Waals surface area contributed by atoms with E-state index in [0.717, 1.165) is 24.3 Å². The van der Waals surface area contributed by atoms with E-state index >= 15 is 0 Å². The monoisotopic (exact) mass is 510 g/mol. The second kappa shape index (κ2) is 12.5. The molecule has 1 fully saturated rings. The number of carbonyl (C=O) groups is 1. The molecule has 3 aromatic rings. The van der Waals surface area contributed by atoms with Gasteiger partial charge in [0, 0.05) is 68.0 Å². The molecule has 3 N–H and O–H groups in total. The van der Waals surface area contributed by atoms with Gasteiger partial charge in [-0.05, 0) is 48.4 Å². The highest BCUT2D eigenvalue weighted by Gasteiger charge is 2.18. The molecule has 1 aliphatic heterocycles. The number of aliphatic hydroxyl groups is 1. The van der Waals surface area contributed by atoms with Crippen LogP contribution in [-0.2, 0) is 11.3 Å². The first-order chi connectivity index (χ1) is 17.5. The lowest BCUT2D eigenvalue weighted by molar-refractivity contribution is 0.0786. The van der Waals surface area contributed by atoms with Crippen LogP contribution in [0.5, 0.6) is 0 Å². The SMILES string of the molecule is CN(CCCO)C(=O)c1cc(Nc2nccc(NCc3cccc(Cl)c3)n2)cc(N2CCOCC2)c1. The number of ether oxygens (including phenoxy) is 1.